The molecule has 2 aliphatic heterocycles. The van der Waals surface area contributed by atoms with Crippen LogP contribution in [0.2, 0.25) is 0 Å². The summed E-state index contributed by atoms with van der Waals surface area (Å²) in [5.74, 6) is 2.54. The van der Waals surface area contributed by atoms with Crippen LogP contribution in [-0.2, 0) is 10.3 Å². The molecule has 30 heavy (non-hydrogen) atoms. The van der Waals surface area contributed by atoms with E-state index in [1.54, 1.807) is 0 Å². The van der Waals surface area contributed by atoms with E-state index in [4.69, 9.17) is 14.5 Å². The van der Waals surface area contributed by atoms with Gasteiger partial charge in [0.25, 0.3) is 0 Å². The Morgan fingerprint density at radius 2 is 1.67 bits per heavy atom. The maximum atomic E-state index is 6.19. The predicted octanol–water partition coefficient (Wildman–Crippen LogP) is 5.09. The van der Waals surface area contributed by atoms with Crippen molar-refractivity contribution in [3.05, 3.63) is 108 Å². The third kappa shape index (κ3) is 3.35. The summed E-state index contributed by atoms with van der Waals surface area (Å²) in [5.41, 5.74) is 3.02. The Kier molecular flexibility index (Phi) is 4.75. The van der Waals surface area contributed by atoms with Crippen molar-refractivity contribution in [2.24, 2.45) is 4.99 Å². The molecule has 0 spiro atoms. The Hall–Kier alpha value is -3.53. The van der Waals surface area contributed by atoms with E-state index in [9.17, 15) is 0 Å². The Balaban J connectivity index is 1.42. The van der Waals surface area contributed by atoms with E-state index in [1.807, 2.05) is 42.5 Å². The molecule has 0 radical (unpaired) electrons. The molecule has 0 unspecified atom stereocenters. The van der Waals surface area contributed by atoms with Crippen LogP contribution in [0.3, 0.4) is 0 Å². The van der Waals surface area contributed by atoms with Gasteiger partial charge >= 0.3 is 0 Å². The van der Waals surface area contributed by atoms with Crippen molar-refractivity contribution in [1.82, 2.24) is 5.32 Å². The average molecular weight is 396 g/mol. The molecule has 4 heteroatoms. The fourth-order valence-electron chi connectivity index (χ4n) is 4.21. The maximum Gasteiger partial charge on any atom is 0.145 e. The number of benzene rings is 3. The Morgan fingerprint density at radius 3 is 2.47 bits per heavy atom. The third-order valence-corrected chi connectivity index (χ3v) is 5.75. The maximum absolute atomic E-state index is 6.19. The molecule has 1 N–H and O–H groups in total. The van der Waals surface area contributed by atoms with Gasteiger partial charge in [-0.2, -0.15) is 0 Å². The Bertz CT molecular complexity index is 1090. The zero-order valence-electron chi connectivity index (χ0n) is 16.9. The average Bonchev–Trinajstić information content (AvgIpc) is 3.16. The molecule has 0 aliphatic carbocycles. The van der Waals surface area contributed by atoms with Crippen LogP contribution in [0.25, 0.3) is 5.76 Å². The highest BCUT2D eigenvalue weighted by Crippen LogP contribution is 2.41. The molecule has 0 aromatic heterocycles. The van der Waals surface area contributed by atoms with Gasteiger partial charge in [0.1, 0.15) is 36.6 Å². The van der Waals surface area contributed by atoms with Crippen molar-refractivity contribution in [2.45, 2.75) is 18.5 Å². The van der Waals surface area contributed by atoms with E-state index >= 15 is 0 Å². The van der Waals surface area contributed by atoms with Crippen LogP contribution in [0.1, 0.15) is 29.7 Å². The molecule has 0 saturated heterocycles. The standard InChI is InChI=1S/C26H24N2O2/c1-26(20-12-6-3-7-13-20)25(19-10-4-2-5-11-19)27-24(28-26)18-30-23-16-17-29-22-15-9-8-14-21(22)23/h2-16,25H,17-18H2,1H3,(H,27,28)/t25-,26+/m1/s1. The number of hydrogen-bond donors (Lipinski definition) is 1. The molecule has 0 saturated carbocycles. The van der Waals surface area contributed by atoms with Gasteiger partial charge in [-0.3, -0.25) is 4.99 Å². The lowest BCUT2D eigenvalue weighted by molar-refractivity contribution is 0.299. The van der Waals surface area contributed by atoms with Crippen molar-refractivity contribution in [1.29, 1.82) is 0 Å². The van der Waals surface area contributed by atoms with Crippen molar-refractivity contribution < 1.29 is 9.47 Å². The fraction of sp³-hybridized carbons (Fsp3) is 0.192. The van der Waals surface area contributed by atoms with Gasteiger partial charge in [-0.1, -0.05) is 72.8 Å². The summed E-state index contributed by atoms with van der Waals surface area (Å²) in [7, 11) is 0. The molecule has 2 aliphatic rings. The topological polar surface area (TPSA) is 42.8 Å². The summed E-state index contributed by atoms with van der Waals surface area (Å²) in [6.45, 7) is 3.10. The van der Waals surface area contributed by atoms with Gasteiger partial charge in [0, 0.05) is 0 Å². The van der Waals surface area contributed by atoms with Crippen molar-refractivity contribution >= 4 is 11.6 Å². The largest absolute Gasteiger partial charge is 0.489 e. The van der Waals surface area contributed by atoms with E-state index < -0.39 is 0 Å². The first-order valence-corrected chi connectivity index (χ1v) is 10.2. The summed E-state index contributed by atoms with van der Waals surface area (Å²) < 4.78 is 11.9. The predicted molar refractivity (Wildman–Crippen MR) is 119 cm³/mol. The smallest absolute Gasteiger partial charge is 0.145 e. The first-order chi connectivity index (χ1) is 14.7. The highest BCUT2D eigenvalue weighted by molar-refractivity contribution is 5.87. The fourth-order valence-corrected chi connectivity index (χ4v) is 4.21. The number of nitrogens with zero attached hydrogens (tertiary/aromatic N) is 1. The van der Waals surface area contributed by atoms with Gasteiger partial charge in [-0.05, 0) is 36.3 Å². The third-order valence-electron chi connectivity index (χ3n) is 5.75. The number of ether oxygens (including phenoxy) is 2. The van der Waals surface area contributed by atoms with Crippen molar-refractivity contribution in [3.8, 4) is 5.75 Å². The number of aliphatic imine (C=N–C) groups is 1. The molecule has 5 rings (SSSR count). The minimum absolute atomic E-state index is 0.0318. The Morgan fingerprint density at radius 1 is 0.967 bits per heavy atom. The first kappa shape index (κ1) is 18.5. The van der Waals surface area contributed by atoms with Gasteiger partial charge in [-0.25, -0.2) is 0 Å². The van der Waals surface area contributed by atoms with Crippen LogP contribution in [0.4, 0.5) is 0 Å². The lowest BCUT2D eigenvalue weighted by atomic mass is 9.82. The zero-order valence-corrected chi connectivity index (χ0v) is 16.9. The lowest BCUT2D eigenvalue weighted by Crippen LogP contribution is -2.42. The number of amidine groups is 1. The van der Waals surface area contributed by atoms with Gasteiger partial charge in [-0.15, -0.1) is 0 Å². The van der Waals surface area contributed by atoms with Crippen LogP contribution >= 0.6 is 0 Å². The second-order valence-electron chi connectivity index (χ2n) is 7.75. The molecule has 3 aromatic rings. The van der Waals surface area contributed by atoms with Crippen LogP contribution in [0.5, 0.6) is 5.75 Å². The quantitative estimate of drug-likeness (QED) is 0.653. The molecular weight excluding hydrogens is 372 g/mol. The molecule has 0 amide bonds. The molecule has 150 valence electrons. The molecule has 3 aromatic carbocycles. The monoisotopic (exact) mass is 396 g/mol. The number of nitrogens with one attached hydrogen (secondary N) is 1. The number of hydrogen-bond acceptors (Lipinski definition) is 4. The molecule has 2 atom stereocenters. The van der Waals surface area contributed by atoms with E-state index in [0.717, 1.165) is 22.9 Å². The summed E-state index contributed by atoms with van der Waals surface area (Å²) in [6, 6.07) is 28.8. The lowest BCUT2D eigenvalue weighted by Gasteiger charge is -2.32. The zero-order chi connectivity index (χ0) is 20.4. The van der Waals surface area contributed by atoms with Crippen LogP contribution in [0.15, 0.2) is 96.0 Å². The number of rotatable bonds is 5. The Labute approximate surface area is 176 Å². The summed E-state index contributed by atoms with van der Waals surface area (Å²) in [5, 5.41) is 3.66. The van der Waals surface area contributed by atoms with Gasteiger partial charge < -0.3 is 14.8 Å². The van der Waals surface area contributed by atoms with E-state index in [-0.39, 0.29) is 11.6 Å². The van der Waals surface area contributed by atoms with E-state index in [1.165, 1.54) is 11.1 Å². The number of para-hydroxylation sites is 1. The minimum Gasteiger partial charge on any atom is -0.489 e. The second kappa shape index (κ2) is 7.71. The van der Waals surface area contributed by atoms with Crippen LogP contribution in [0, 0.1) is 0 Å². The van der Waals surface area contributed by atoms with Crippen molar-refractivity contribution in [3.63, 3.8) is 0 Å². The molecule has 0 bridgehead atoms. The molecular formula is C26H24N2O2. The van der Waals surface area contributed by atoms with E-state index in [2.05, 4.69) is 60.8 Å². The van der Waals surface area contributed by atoms with Gasteiger partial charge in [0.15, 0.2) is 0 Å². The van der Waals surface area contributed by atoms with Crippen LogP contribution in [-0.4, -0.2) is 19.0 Å². The normalized spacial score (nSPS) is 22.2. The molecule has 2 heterocycles. The number of fused-ring (bicyclic) bond motifs is 1. The summed E-state index contributed by atoms with van der Waals surface area (Å²) in [4.78, 5) is 5.05. The second-order valence-corrected chi connectivity index (χ2v) is 7.75. The minimum atomic E-state index is -0.344. The molecule has 0 fully saturated rings. The highest BCUT2D eigenvalue weighted by Gasteiger charge is 2.42. The summed E-state index contributed by atoms with van der Waals surface area (Å²) >= 11 is 0. The highest BCUT2D eigenvalue weighted by atomic mass is 16.5. The van der Waals surface area contributed by atoms with Gasteiger partial charge in [0.05, 0.1) is 11.1 Å². The first-order valence-electron chi connectivity index (χ1n) is 10.2. The molecule has 4 nitrogen and oxygen atoms in total. The van der Waals surface area contributed by atoms with Crippen molar-refractivity contribution in [2.75, 3.05) is 13.2 Å². The van der Waals surface area contributed by atoms with E-state index in [0.29, 0.717) is 13.2 Å². The SMILES string of the molecule is C[C@@]1(c2ccccc2)NC(COC2=CCOc3ccccc32)=N[C@@H]1c1ccccc1. The summed E-state index contributed by atoms with van der Waals surface area (Å²) in [6.07, 6.45) is 1.98. The van der Waals surface area contributed by atoms with Gasteiger partial charge in [0.2, 0.25) is 0 Å². The van der Waals surface area contributed by atoms with Crippen LogP contribution < -0.4 is 10.1 Å².